The molecule has 0 bridgehead atoms. The first-order chi connectivity index (χ1) is 30.6. The predicted octanol–water partition coefficient (Wildman–Crippen LogP) is 17.0. The zero-order valence-corrected chi connectivity index (χ0v) is 35.1. The summed E-state index contributed by atoms with van der Waals surface area (Å²) in [4.78, 5) is 2.42. The molecule has 0 N–H and O–H groups in total. The molecule has 0 fully saturated rings. The zero-order valence-electron chi connectivity index (χ0n) is 34.3. The van der Waals surface area contributed by atoms with Gasteiger partial charge in [-0.3, -0.25) is 0 Å². The summed E-state index contributed by atoms with van der Waals surface area (Å²) in [6, 6.07) is 85.0. The van der Waals surface area contributed by atoms with Crippen molar-refractivity contribution in [1.82, 2.24) is 0 Å². The van der Waals surface area contributed by atoms with Gasteiger partial charge in [0, 0.05) is 42.5 Å². The molecular weight excluding hydrogens is 767 g/mol. The fourth-order valence-electron chi connectivity index (χ4n) is 9.96. The monoisotopic (exact) mass is 807 g/mol. The molecular formula is C60H41NS. The van der Waals surface area contributed by atoms with Crippen LogP contribution in [0.3, 0.4) is 0 Å². The summed E-state index contributed by atoms with van der Waals surface area (Å²) >= 11 is 1.87. The van der Waals surface area contributed by atoms with Gasteiger partial charge in [0.2, 0.25) is 0 Å². The standard InChI is InChI=1S/C60H41NS/c1-60(47-15-3-2-4-16-47)55-20-10-7-18-51(55)52-35-29-44(38-56(52)60)41-25-31-48(32-26-41)61(57-21-11-8-17-50(57)46-24-23-40-13-5-6-14-43(40)37-46)49-33-27-42(28-34-49)45-30-36-54-53-19-9-12-22-58(53)62-59(54)39-45/h2-39H,1H3. The van der Waals surface area contributed by atoms with Gasteiger partial charge in [-0.25, -0.2) is 0 Å². The third kappa shape index (κ3) is 5.90. The van der Waals surface area contributed by atoms with Crippen LogP contribution in [0, 0.1) is 0 Å². The Bertz CT molecular complexity index is 3470. The number of anilines is 3. The molecule has 11 aromatic rings. The van der Waals surface area contributed by atoms with Gasteiger partial charge in [0.1, 0.15) is 0 Å². The highest BCUT2D eigenvalue weighted by Gasteiger charge is 2.40. The lowest BCUT2D eigenvalue weighted by atomic mass is 9.74. The summed E-state index contributed by atoms with van der Waals surface area (Å²) in [5.74, 6) is 0. The normalized spacial score (nSPS) is 14.3. The van der Waals surface area contributed by atoms with E-state index in [1.807, 2.05) is 11.3 Å². The lowest BCUT2D eigenvalue weighted by Crippen LogP contribution is -2.22. The van der Waals surface area contributed by atoms with E-state index in [1.165, 1.54) is 92.1 Å². The van der Waals surface area contributed by atoms with Gasteiger partial charge in [-0.1, -0.05) is 176 Å². The summed E-state index contributed by atoms with van der Waals surface area (Å²) in [5.41, 5.74) is 17.0. The molecule has 1 aliphatic carbocycles. The molecule has 1 nitrogen and oxygen atoms in total. The average Bonchev–Trinajstić information content (AvgIpc) is 3.84. The number of nitrogens with zero attached hydrogens (tertiary/aromatic N) is 1. The molecule has 0 aliphatic heterocycles. The van der Waals surface area contributed by atoms with Crippen molar-refractivity contribution in [3.05, 3.63) is 247 Å². The van der Waals surface area contributed by atoms with Crippen molar-refractivity contribution < 1.29 is 0 Å². The first-order valence-electron chi connectivity index (χ1n) is 21.4. The Morgan fingerprint density at radius 3 is 1.71 bits per heavy atom. The molecule has 292 valence electrons. The Morgan fingerprint density at radius 2 is 0.919 bits per heavy atom. The van der Waals surface area contributed by atoms with Gasteiger partial charge in [0.05, 0.1) is 5.69 Å². The van der Waals surface area contributed by atoms with Crippen molar-refractivity contribution in [2.75, 3.05) is 4.90 Å². The SMILES string of the molecule is CC1(c2ccccc2)c2ccccc2-c2ccc(-c3ccc(N(c4ccc(-c5ccc6c(c5)sc5ccccc56)cc4)c4ccccc4-c4ccc5ccccc5c4)cc3)cc21. The van der Waals surface area contributed by atoms with Crippen LogP contribution in [0.15, 0.2) is 231 Å². The number of rotatable bonds is 7. The topological polar surface area (TPSA) is 3.24 Å². The highest BCUT2D eigenvalue weighted by Crippen LogP contribution is 2.53. The number of hydrogen-bond donors (Lipinski definition) is 0. The maximum absolute atomic E-state index is 2.43. The lowest BCUT2D eigenvalue weighted by molar-refractivity contribution is 0.714. The van der Waals surface area contributed by atoms with Crippen LogP contribution >= 0.6 is 11.3 Å². The molecule has 1 atom stereocenters. The van der Waals surface area contributed by atoms with E-state index in [0.717, 1.165) is 17.1 Å². The quantitative estimate of drug-likeness (QED) is 0.155. The number of para-hydroxylation sites is 1. The first-order valence-corrected chi connectivity index (χ1v) is 22.2. The summed E-state index contributed by atoms with van der Waals surface area (Å²) in [7, 11) is 0. The summed E-state index contributed by atoms with van der Waals surface area (Å²) in [5, 5.41) is 5.12. The minimum absolute atomic E-state index is 0.248. The van der Waals surface area contributed by atoms with Crippen LogP contribution in [0.2, 0.25) is 0 Å². The minimum Gasteiger partial charge on any atom is -0.310 e. The van der Waals surface area contributed by atoms with Crippen molar-refractivity contribution in [3.8, 4) is 44.5 Å². The van der Waals surface area contributed by atoms with E-state index < -0.39 is 0 Å². The van der Waals surface area contributed by atoms with Crippen LogP contribution in [0.5, 0.6) is 0 Å². The molecule has 0 spiro atoms. The summed E-state index contributed by atoms with van der Waals surface area (Å²) in [6.45, 7) is 2.39. The predicted molar refractivity (Wildman–Crippen MR) is 265 cm³/mol. The van der Waals surface area contributed by atoms with E-state index in [9.17, 15) is 0 Å². The Kier molecular flexibility index (Phi) is 8.55. The van der Waals surface area contributed by atoms with Crippen molar-refractivity contribution in [2.24, 2.45) is 0 Å². The van der Waals surface area contributed by atoms with Crippen LogP contribution in [0.4, 0.5) is 17.1 Å². The molecule has 2 heteroatoms. The van der Waals surface area contributed by atoms with Gasteiger partial charge < -0.3 is 4.90 Å². The second-order valence-electron chi connectivity index (χ2n) is 16.6. The maximum Gasteiger partial charge on any atom is 0.0540 e. The second-order valence-corrected chi connectivity index (χ2v) is 17.7. The van der Waals surface area contributed by atoms with Gasteiger partial charge in [0.25, 0.3) is 0 Å². The fourth-order valence-corrected chi connectivity index (χ4v) is 11.1. The number of hydrogen-bond acceptors (Lipinski definition) is 2. The van der Waals surface area contributed by atoms with Gasteiger partial charge in [-0.2, -0.15) is 0 Å². The zero-order chi connectivity index (χ0) is 41.2. The smallest absolute Gasteiger partial charge is 0.0540 e. The molecule has 1 aliphatic rings. The Hall–Kier alpha value is -7.52. The summed E-state index contributed by atoms with van der Waals surface area (Å²) < 4.78 is 2.64. The first kappa shape index (κ1) is 36.3. The van der Waals surface area contributed by atoms with E-state index in [1.54, 1.807) is 0 Å². The van der Waals surface area contributed by atoms with Crippen LogP contribution < -0.4 is 4.90 Å². The maximum atomic E-state index is 2.43. The lowest BCUT2D eigenvalue weighted by Gasteiger charge is -2.29. The Labute approximate surface area is 366 Å². The van der Waals surface area contributed by atoms with Crippen LogP contribution in [0.1, 0.15) is 23.6 Å². The van der Waals surface area contributed by atoms with Gasteiger partial charge >= 0.3 is 0 Å². The molecule has 62 heavy (non-hydrogen) atoms. The van der Waals surface area contributed by atoms with Crippen molar-refractivity contribution >= 4 is 59.3 Å². The molecule has 0 saturated heterocycles. The minimum atomic E-state index is -0.248. The highest BCUT2D eigenvalue weighted by molar-refractivity contribution is 7.25. The van der Waals surface area contributed by atoms with E-state index in [4.69, 9.17) is 0 Å². The van der Waals surface area contributed by atoms with Gasteiger partial charge in [0.15, 0.2) is 0 Å². The third-order valence-electron chi connectivity index (χ3n) is 13.2. The van der Waals surface area contributed by atoms with Gasteiger partial charge in [-0.05, 0) is 128 Å². The third-order valence-corrected chi connectivity index (χ3v) is 14.3. The van der Waals surface area contributed by atoms with Gasteiger partial charge in [-0.15, -0.1) is 11.3 Å². The fraction of sp³-hybridized carbons (Fsp3) is 0.0333. The highest BCUT2D eigenvalue weighted by atomic mass is 32.1. The van der Waals surface area contributed by atoms with Crippen molar-refractivity contribution in [2.45, 2.75) is 12.3 Å². The van der Waals surface area contributed by atoms with Crippen LogP contribution in [0.25, 0.3) is 75.5 Å². The van der Waals surface area contributed by atoms with E-state index in [0.29, 0.717) is 0 Å². The van der Waals surface area contributed by atoms with E-state index in [2.05, 4.69) is 242 Å². The molecule has 0 amide bonds. The van der Waals surface area contributed by atoms with Crippen LogP contribution in [-0.2, 0) is 5.41 Å². The second kappa shape index (κ2) is 14.6. The largest absolute Gasteiger partial charge is 0.310 e. The molecule has 10 aromatic carbocycles. The molecule has 12 rings (SSSR count). The van der Waals surface area contributed by atoms with E-state index in [-0.39, 0.29) is 5.41 Å². The van der Waals surface area contributed by atoms with Crippen molar-refractivity contribution in [1.29, 1.82) is 0 Å². The molecule has 1 unspecified atom stereocenters. The number of thiophene rings is 1. The molecule has 0 saturated carbocycles. The average molecular weight is 808 g/mol. The number of fused-ring (bicyclic) bond motifs is 7. The molecule has 1 aromatic heterocycles. The summed E-state index contributed by atoms with van der Waals surface area (Å²) in [6.07, 6.45) is 0. The molecule has 1 heterocycles. The Balaban J connectivity index is 0.956. The number of benzene rings is 10. The molecule has 0 radical (unpaired) electrons. The van der Waals surface area contributed by atoms with E-state index >= 15 is 0 Å². The Morgan fingerprint density at radius 1 is 0.355 bits per heavy atom. The van der Waals surface area contributed by atoms with Crippen LogP contribution in [-0.4, -0.2) is 0 Å². The van der Waals surface area contributed by atoms with Crippen molar-refractivity contribution in [3.63, 3.8) is 0 Å².